The number of hydrogen-bond donors (Lipinski definition) is 2. The summed E-state index contributed by atoms with van der Waals surface area (Å²) in [5, 5.41) is 13.0. The van der Waals surface area contributed by atoms with E-state index in [2.05, 4.69) is 26.2 Å². The highest BCUT2D eigenvalue weighted by atomic mass is 79.9. The van der Waals surface area contributed by atoms with Crippen molar-refractivity contribution in [1.82, 2.24) is 4.98 Å². The fourth-order valence-corrected chi connectivity index (χ4v) is 2.05. The Morgan fingerprint density at radius 1 is 1.33 bits per heavy atom. The van der Waals surface area contributed by atoms with Crippen LogP contribution in [-0.4, -0.2) is 36.5 Å². The van der Waals surface area contributed by atoms with E-state index in [-0.39, 0.29) is 6.61 Å². The van der Waals surface area contributed by atoms with E-state index in [1.165, 1.54) is 0 Å². The number of ether oxygens (including phenoxy) is 1. The molecule has 0 saturated heterocycles. The van der Waals surface area contributed by atoms with Gasteiger partial charge in [0.15, 0.2) is 0 Å². The zero-order valence-electron chi connectivity index (χ0n) is 9.90. The standard InChI is InChI=1S/C13H15BrN2O2/c14-11-8-10-2-1-3-12(13(10)16-9-11)15-4-6-18-7-5-17/h1-3,8-9,15,17H,4-7H2. The van der Waals surface area contributed by atoms with E-state index < -0.39 is 0 Å². The van der Waals surface area contributed by atoms with E-state index in [9.17, 15) is 0 Å². The van der Waals surface area contributed by atoms with Crippen molar-refractivity contribution in [2.24, 2.45) is 0 Å². The number of halogens is 1. The van der Waals surface area contributed by atoms with Crippen LogP contribution in [0.5, 0.6) is 0 Å². The lowest BCUT2D eigenvalue weighted by Gasteiger charge is -2.09. The molecule has 96 valence electrons. The molecule has 0 aliphatic heterocycles. The molecule has 0 amide bonds. The maximum atomic E-state index is 8.59. The van der Waals surface area contributed by atoms with Crippen molar-refractivity contribution < 1.29 is 9.84 Å². The molecule has 0 aliphatic carbocycles. The predicted octanol–water partition coefficient (Wildman–Crippen LogP) is 2.42. The maximum Gasteiger partial charge on any atom is 0.0934 e. The zero-order chi connectivity index (χ0) is 12.8. The highest BCUT2D eigenvalue weighted by Crippen LogP contribution is 2.23. The Morgan fingerprint density at radius 2 is 2.22 bits per heavy atom. The van der Waals surface area contributed by atoms with Crippen LogP contribution in [0.3, 0.4) is 0 Å². The summed E-state index contributed by atoms with van der Waals surface area (Å²) in [6.45, 7) is 1.69. The lowest BCUT2D eigenvalue weighted by atomic mass is 10.2. The number of rotatable bonds is 6. The SMILES string of the molecule is OCCOCCNc1cccc2cc(Br)cnc12. The van der Waals surface area contributed by atoms with E-state index in [1.54, 1.807) is 6.20 Å². The molecular weight excluding hydrogens is 296 g/mol. The smallest absolute Gasteiger partial charge is 0.0934 e. The van der Waals surface area contributed by atoms with Crippen molar-refractivity contribution in [3.63, 3.8) is 0 Å². The third-order valence-electron chi connectivity index (χ3n) is 2.48. The Hall–Kier alpha value is -1.17. The van der Waals surface area contributed by atoms with Crippen LogP contribution in [0, 0.1) is 0 Å². The van der Waals surface area contributed by atoms with Gasteiger partial charge >= 0.3 is 0 Å². The van der Waals surface area contributed by atoms with Gasteiger partial charge in [-0.1, -0.05) is 12.1 Å². The van der Waals surface area contributed by atoms with Crippen molar-refractivity contribution in [2.45, 2.75) is 0 Å². The number of fused-ring (bicyclic) bond motifs is 1. The first kappa shape index (κ1) is 13.3. The Morgan fingerprint density at radius 3 is 3.06 bits per heavy atom. The summed E-state index contributed by atoms with van der Waals surface area (Å²) in [6.07, 6.45) is 1.79. The Balaban J connectivity index is 2.04. The van der Waals surface area contributed by atoms with E-state index in [0.29, 0.717) is 19.8 Å². The number of nitrogens with one attached hydrogen (secondary N) is 1. The molecule has 0 radical (unpaired) electrons. The van der Waals surface area contributed by atoms with Gasteiger partial charge in [-0.25, -0.2) is 0 Å². The fraction of sp³-hybridized carbons (Fsp3) is 0.308. The first-order valence-electron chi connectivity index (χ1n) is 5.78. The molecule has 0 unspecified atom stereocenters. The number of hydrogen-bond acceptors (Lipinski definition) is 4. The van der Waals surface area contributed by atoms with Gasteiger partial charge in [0, 0.05) is 22.6 Å². The van der Waals surface area contributed by atoms with Gasteiger partial charge in [0.2, 0.25) is 0 Å². The summed E-state index contributed by atoms with van der Waals surface area (Å²) in [6, 6.07) is 8.05. The third kappa shape index (κ3) is 3.41. The highest BCUT2D eigenvalue weighted by Gasteiger charge is 2.02. The third-order valence-corrected chi connectivity index (χ3v) is 2.91. The minimum atomic E-state index is 0.0594. The van der Waals surface area contributed by atoms with E-state index in [4.69, 9.17) is 9.84 Å². The van der Waals surface area contributed by atoms with E-state index in [0.717, 1.165) is 21.1 Å². The van der Waals surface area contributed by atoms with Gasteiger partial charge in [0.05, 0.1) is 31.0 Å². The lowest BCUT2D eigenvalue weighted by molar-refractivity contribution is 0.0992. The van der Waals surface area contributed by atoms with Crippen LogP contribution in [0.4, 0.5) is 5.69 Å². The van der Waals surface area contributed by atoms with Gasteiger partial charge in [0.25, 0.3) is 0 Å². The van der Waals surface area contributed by atoms with Gasteiger partial charge in [-0.05, 0) is 28.1 Å². The molecule has 0 saturated carbocycles. The second-order valence-corrected chi connectivity index (χ2v) is 4.71. The minimum absolute atomic E-state index is 0.0594. The molecule has 1 heterocycles. The monoisotopic (exact) mass is 310 g/mol. The Bertz CT molecular complexity index is 519. The summed E-state index contributed by atoms with van der Waals surface area (Å²) in [5.41, 5.74) is 1.94. The molecule has 0 bridgehead atoms. The summed E-state index contributed by atoms with van der Waals surface area (Å²) >= 11 is 3.41. The van der Waals surface area contributed by atoms with Gasteiger partial charge in [0.1, 0.15) is 0 Å². The van der Waals surface area contributed by atoms with Crippen LogP contribution in [0.25, 0.3) is 10.9 Å². The Labute approximate surface area is 114 Å². The average Bonchev–Trinajstić information content (AvgIpc) is 2.38. The number of benzene rings is 1. The summed E-state index contributed by atoms with van der Waals surface area (Å²) in [4.78, 5) is 4.41. The van der Waals surface area contributed by atoms with Crippen molar-refractivity contribution in [3.05, 3.63) is 34.9 Å². The highest BCUT2D eigenvalue weighted by molar-refractivity contribution is 9.10. The maximum absolute atomic E-state index is 8.59. The molecule has 5 heteroatoms. The molecular formula is C13H15BrN2O2. The van der Waals surface area contributed by atoms with Gasteiger partial charge in [-0.2, -0.15) is 0 Å². The summed E-state index contributed by atoms with van der Waals surface area (Å²) in [5.74, 6) is 0. The second kappa shape index (κ2) is 6.68. The molecule has 2 aromatic rings. The molecule has 0 aliphatic rings. The van der Waals surface area contributed by atoms with Gasteiger partial charge in [-0.15, -0.1) is 0 Å². The fourth-order valence-electron chi connectivity index (χ4n) is 1.70. The lowest BCUT2D eigenvalue weighted by Crippen LogP contribution is -2.11. The van der Waals surface area contributed by atoms with Crippen molar-refractivity contribution >= 4 is 32.5 Å². The van der Waals surface area contributed by atoms with Crippen molar-refractivity contribution in [3.8, 4) is 0 Å². The number of aromatic nitrogens is 1. The summed E-state index contributed by atoms with van der Waals surface area (Å²) < 4.78 is 6.17. The predicted molar refractivity (Wildman–Crippen MR) is 75.8 cm³/mol. The first-order chi connectivity index (χ1) is 8.81. The van der Waals surface area contributed by atoms with Gasteiger partial charge in [-0.3, -0.25) is 4.98 Å². The average molecular weight is 311 g/mol. The number of aliphatic hydroxyl groups is 1. The van der Waals surface area contributed by atoms with E-state index >= 15 is 0 Å². The van der Waals surface area contributed by atoms with Crippen LogP contribution in [0.1, 0.15) is 0 Å². The number of aliphatic hydroxyl groups excluding tert-OH is 1. The minimum Gasteiger partial charge on any atom is -0.394 e. The number of para-hydroxylation sites is 1. The molecule has 1 aromatic heterocycles. The molecule has 2 N–H and O–H groups in total. The molecule has 0 atom stereocenters. The largest absolute Gasteiger partial charge is 0.394 e. The molecule has 0 spiro atoms. The Kier molecular flexibility index (Phi) is 4.92. The zero-order valence-corrected chi connectivity index (χ0v) is 11.5. The van der Waals surface area contributed by atoms with Crippen LogP contribution in [-0.2, 0) is 4.74 Å². The number of nitrogens with zero attached hydrogens (tertiary/aromatic N) is 1. The molecule has 0 fully saturated rings. The number of anilines is 1. The summed E-state index contributed by atoms with van der Waals surface area (Å²) in [7, 11) is 0. The van der Waals surface area contributed by atoms with E-state index in [1.807, 2.05) is 24.3 Å². The van der Waals surface area contributed by atoms with Gasteiger partial charge < -0.3 is 15.2 Å². The van der Waals surface area contributed by atoms with Crippen molar-refractivity contribution in [1.29, 1.82) is 0 Å². The van der Waals surface area contributed by atoms with Crippen LogP contribution in [0.2, 0.25) is 0 Å². The van der Waals surface area contributed by atoms with Crippen LogP contribution in [0.15, 0.2) is 34.9 Å². The number of pyridine rings is 1. The van der Waals surface area contributed by atoms with Crippen LogP contribution >= 0.6 is 15.9 Å². The second-order valence-electron chi connectivity index (χ2n) is 3.79. The topological polar surface area (TPSA) is 54.4 Å². The van der Waals surface area contributed by atoms with Crippen LogP contribution < -0.4 is 5.32 Å². The quantitative estimate of drug-likeness (QED) is 0.805. The normalized spacial score (nSPS) is 10.8. The molecule has 1 aromatic carbocycles. The molecule has 18 heavy (non-hydrogen) atoms. The van der Waals surface area contributed by atoms with Crippen molar-refractivity contribution in [2.75, 3.05) is 31.7 Å². The molecule has 2 rings (SSSR count). The molecule has 4 nitrogen and oxygen atoms in total. The first-order valence-corrected chi connectivity index (χ1v) is 6.57.